The summed E-state index contributed by atoms with van der Waals surface area (Å²) >= 11 is 0. The molecule has 0 aromatic carbocycles. The molecule has 1 aliphatic rings. The lowest BCUT2D eigenvalue weighted by Gasteiger charge is -2.29. The van der Waals surface area contributed by atoms with Crippen molar-refractivity contribution in [2.75, 3.05) is 20.1 Å². The number of hydrogen-bond donors (Lipinski definition) is 0. The molecule has 1 atom stereocenters. The van der Waals surface area contributed by atoms with Gasteiger partial charge in [-0.3, -0.25) is 4.68 Å². The van der Waals surface area contributed by atoms with Crippen LogP contribution in [0.25, 0.3) is 0 Å². The highest BCUT2D eigenvalue weighted by atomic mass is 15.3. The average molecular weight is 293 g/mol. The largest absolute Gasteiger partial charge is 0.306 e. The molecule has 1 fully saturated rings. The molecule has 122 valence electrons. The van der Waals surface area contributed by atoms with Crippen LogP contribution in [-0.4, -0.2) is 34.8 Å². The first kappa shape index (κ1) is 18.2. The maximum absolute atomic E-state index is 4.97. The van der Waals surface area contributed by atoms with Crippen molar-refractivity contribution in [1.29, 1.82) is 0 Å². The molecule has 0 N–H and O–H groups in total. The maximum Gasteiger partial charge on any atom is 0.0703 e. The second-order valence-electron chi connectivity index (χ2n) is 5.83. The van der Waals surface area contributed by atoms with Crippen molar-refractivity contribution >= 4 is 0 Å². The number of nitrogens with zero attached hydrogens (tertiary/aromatic N) is 3. The third kappa shape index (κ3) is 4.32. The Bertz CT molecular complexity index is 409. The Morgan fingerprint density at radius 3 is 2.43 bits per heavy atom. The second-order valence-corrected chi connectivity index (χ2v) is 5.83. The molecule has 0 radical (unpaired) electrons. The van der Waals surface area contributed by atoms with E-state index in [1.54, 1.807) is 5.56 Å². The van der Waals surface area contributed by atoms with E-state index in [0.29, 0.717) is 5.92 Å². The monoisotopic (exact) mass is 293 g/mol. The molecule has 1 aromatic heterocycles. The van der Waals surface area contributed by atoms with Gasteiger partial charge in [0.2, 0.25) is 0 Å². The van der Waals surface area contributed by atoms with E-state index < -0.39 is 0 Å². The number of aromatic nitrogens is 2. The van der Waals surface area contributed by atoms with E-state index in [1.807, 2.05) is 13.8 Å². The van der Waals surface area contributed by atoms with Crippen LogP contribution in [0.15, 0.2) is 0 Å². The zero-order valence-electron chi connectivity index (χ0n) is 15.1. The van der Waals surface area contributed by atoms with Crippen molar-refractivity contribution in [1.82, 2.24) is 14.7 Å². The van der Waals surface area contributed by atoms with Gasteiger partial charge in [0, 0.05) is 24.7 Å². The SMILES string of the molecule is CC.CCCc1c(CC)c(C2CCCN(C)C2)nn1CC. The van der Waals surface area contributed by atoms with Crippen molar-refractivity contribution in [3.63, 3.8) is 0 Å². The third-order valence-electron chi connectivity index (χ3n) is 4.35. The second kappa shape index (κ2) is 9.24. The molecule has 3 nitrogen and oxygen atoms in total. The van der Waals surface area contributed by atoms with Gasteiger partial charge >= 0.3 is 0 Å². The molecule has 1 aliphatic heterocycles. The van der Waals surface area contributed by atoms with Gasteiger partial charge in [-0.1, -0.05) is 34.1 Å². The van der Waals surface area contributed by atoms with Crippen LogP contribution in [0.1, 0.15) is 76.8 Å². The van der Waals surface area contributed by atoms with Crippen LogP contribution >= 0.6 is 0 Å². The average Bonchev–Trinajstić information content (AvgIpc) is 2.87. The number of aryl methyl sites for hydroxylation is 1. The minimum atomic E-state index is 0.650. The topological polar surface area (TPSA) is 21.1 Å². The molecule has 0 amide bonds. The molecule has 0 aliphatic carbocycles. The Morgan fingerprint density at radius 2 is 1.90 bits per heavy atom. The van der Waals surface area contributed by atoms with Gasteiger partial charge in [-0.15, -0.1) is 0 Å². The molecule has 0 bridgehead atoms. The van der Waals surface area contributed by atoms with Crippen molar-refractivity contribution in [2.24, 2.45) is 0 Å². The Kier molecular flexibility index (Phi) is 8.02. The Labute approximate surface area is 131 Å². The molecule has 2 rings (SSSR count). The first-order valence-electron chi connectivity index (χ1n) is 8.98. The molecule has 1 aromatic rings. The van der Waals surface area contributed by atoms with E-state index in [-0.39, 0.29) is 0 Å². The van der Waals surface area contributed by atoms with Crippen LogP contribution in [-0.2, 0) is 19.4 Å². The molecule has 0 saturated carbocycles. The molecule has 0 spiro atoms. The summed E-state index contributed by atoms with van der Waals surface area (Å²) in [6, 6.07) is 0. The van der Waals surface area contributed by atoms with Crippen molar-refractivity contribution in [3.05, 3.63) is 17.0 Å². The summed E-state index contributed by atoms with van der Waals surface area (Å²) < 4.78 is 2.26. The standard InChI is InChI=1S/C16H29N3.C2H6/c1-5-9-15-14(6-2)16(17-19(15)7-3)13-10-8-11-18(4)12-13;1-2/h13H,5-12H2,1-4H3;1-2H3. The highest BCUT2D eigenvalue weighted by Gasteiger charge is 2.25. The summed E-state index contributed by atoms with van der Waals surface area (Å²) in [7, 11) is 2.24. The fourth-order valence-electron chi connectivity index (χ4n) is 3.44. The molecular weight excluding hydrogens is 258 g/mol. The predicted octanol–water partition coefficient (Wildman–Crippen LogP) is 4.25. The summed E-state index contributed by atoms with van der Waals surface area (Å²) in [5, 5.41) is 4.97. The first-order chi connectivity index (χ1) is 10.2. The van der Waals surface area contributed by atoms with Crippen LogP contribution < -0.4 is 0 Å². The summed E-state index contributed by atoms with van der Waals surface area (Å²) in [6.45, 7) is 14.2. The molecule has 1 unspecified atom stereocenters. The van der Waals surface area contributed by atoms with Crippen molar-refractivity contribution in [3.8, 4) is 0 Å². The van der Waals surface area contributed by atoms with Crippen molar-refractivity contribution < 1.29 is 0 Å². The lowest BCUT2D eigenvalue weighted by molar-refractivity contribution is 0.247. The lowest BCUT2D eigenvalue weighted by Crippen LogP contribution is -2.31. The van der Waals surface area contributed by atoms with E-state index in [4.69, 9.17) is 5.10 Å². The Morgan fingerprint density at radius 1 is 1.19 bits per heavy atom. The minimum absolute atomic E-state index is 0.650. The van der Waals surface area contributed by atoms with Gasteiger partial charge in [-0.05, 0) is 51.8 Å². The highest BCUT2D eigenvalue weighted by molar-refractivity contribution is 5.30. The van der Waals surface area contributed by atoms with E-state index in [0.717, 1.165) is 13.0 Å². The smallest absolute Gasteiger partial charge is 0.0703 e. The minimum Gasteiger partial charge on any atom is -0.306 e. The highest BCUT2D eigenvalue weighted by Crippen LogP contribution is 2.30. The number of likely N-dealkylation sites (tertiary alicyclic amines) is 1. The number of hydrogen-bond acceptors (Lipinski definition) is 2. The zero-order chi connectivity index (χ0) is 15.8. The summed E-state index contributed by atoms with van der Waals surface area (Å²) in [6.07, 6.45) is 6.14. The number of likely N-dealkylation sites (N-methyl/N-ethyl adjacent to an activating group) is 1. The fourth-order valence-corrected chi connectivity index (χ4v) is 3.44. The van der Waals surface area contributed by atoms with Gasteiger partial charge in [0.15, 0.2) is 0 Å². The maximum atomic E-state index is 4.97. The summed E-state index contributed by atoms with van der Waals surface area (Å²) in [5.41, 5.74) is 4.44. The number of piperidine rings is 1. The quantitative estimate of drug-likeness (QED) is 0.809. The van der Waals surface area contributed by atoms with Gasteiger partial charge in [0.25, 0.3) is 0 Å². The molecule has 1 saturated heterocycles. The first-order valence-corrected chi connectivity index (χ1v) is 8.98. The van der Waals surface area contributed by atoms with Gasteiger partial charge < -0.3 is 4.90 Å². The van der Waals surface area contributed by atoms with E-state index in [9.17, 15) is 0 Å². The predicted molar refractivity (Wildman–Crippen MR) is 92.1 cm³/mol. The molecule has 2 heterocycles. The van der Waals surface area contributed by atoms with Crippen LogP contribution in [0, 0.1) is 0 Å². The summed E-state index contributed by atoms with van der Waals surface area (Å²) in [5.74, 6) is 0.650. The molecular formula is C18H35N3. The van der Waals surface area contributed by atoms with Gasteiger partial charge in [-0.2, -0.15) is 5.10 Å². The normalized spacial score (nSPS) is 19.2. The van der Waals surface area contributed by atoms with Gasteiger partial charge in [0.1, 0.15) is 0 Å². The Balaban J connectivity index is 0.00000106. The number of rotatable bonds is 5. The molecule has 3 heteroatoms. The fraction of sp³-hybridized carbons (Fsp3) is 0.833. The lowest BCUT2D eigenvalue weighted by atomic mass is 9.91. The van der Waals surface area contributed by atoms with E-state index in [1.165, 1.54) is 50.2 Å². The van der Waals surface area contributed by atoms with Crippen LogP contribution in [0.5, 0.6) is 0 Å². The van der Waals surface area contributed by atoms with E-state index in [2.05, 4.69) is 37.4 Å². The van der Waals surface area contributed by atoms with E-state index >= 15 is 0 Å². The van der Waals surface area contributed by atoms with Gasteiger partial charge in [-0.25, -0.2) is 0 Å². The third-order valence-corrected chi connectivity index (χ3v) is 4.35. The van der Waals surface area contributed by atoms with Crippen LogP contribution in [0.4, 0.5) is 0 Å². The summed E-state index contributed by atoms with van der Waals surface area (Å²) in [4.78, 5) is 2.46. The van der Waals surface area contributed by atoms with Crippen LogP contribution in [0.3, 0.4) is 0 Å². The van der Waals surface area contributed by atoms with Gasteiger partial charge in [0.05, 0.1) is 5.69 Å². The van der Waals surface area contributed by atoms with Crippen LogP contribution in [0.2, 0.25) is 0 Å². The Hall–Kier alpha value is -0.830. The molecule has 21 heavy (non-hydrogen) atoms. The van der Waals surface area contributed by atoms with Crippen molar-refractivity contribution in [2.45, 2.75) is 79.2 Å². The zero-order valence-corrected chi connectivity index (χ0v) is 15.1.